The van der Waals surface area contributed by atoms with E-state index < -0.39 is 0 Å². The van der Waals surface area contributed by atoms with E-state index in [4.69, 9.17) is 4.42 Å². The Bertz CT molecular complexity index is 713. The van der Waals surface area contributed by atoms with Gasteiger partial charge < -0.3 is 9.32 Å². The second-order valence-corrected chi connectivity index (χ2v) is 5.12. The summed E-state index contributed by atoms with van der Waals surface area (Å²) >= 11 is 0. The molecule has 0 spiro atoms. The van der Waals surface area contributed by atoms with Crippen molar-refractivity contribution in [3.63, 3.8) is 0 Å². The van der Waals surface area contributed by atoms with Gasteiger partial charge in [0.05, 0.1) is 0 Å². The number of anilines is 1. The predicted octanol–water partition coefficient (Wildman–Crippen LogP) is 4.85. The zero-order valence-corrected chi connectivity index (χ0v) is 13.0. The first kappa shape index (κ1) is 14.4. The molecule has 0 fully saturated rings. The first-order valence-corrected chi connectivity index (χ1v) is 7.68. The highest BCUT2D eigenvalue weighted by Crippen LogP contribution is 2.26. The fourth-order valence-electron chi connectivity index (χ4n) is 2.55. The maximum absolute atomic E-state index is 5.60. The standard InChI is InChI=1S/C19H20N2O/c1-3-21(4-2)17-12-10-15(11-13-17)18-14-22-19(20-18)16-8-6-5-7-9-16/h5-14H,3-4H2,1-2H3. The van der Waals surface area contributed by atoms with E-state index >= 15 is 0 Å². The van der Waals surface area contributed by atoms with Gasteiger partial charge in [0, 0.05) is 29.9 Å². The highest BCUT2D eigenvalue weighted by atomic mass is 16.3. The fourth-order valence-corrected chi connectivity index (χ4v) is 2.55. The van der Waals surface area contributed by atoms with Crippen molar-refractivity contribution in [1.29, 1.82) is 0 Å². The van der Waals surface area contributed by atoms with Crippen LogP contribution in [0.1, 0.15) is 13.8 Å². The molecule has 0 atom stereocenters. The van der Waals surface area contributed by atoms with Gasteiger partial charge in [0.1, 0.15) is 12.0 Å². The van der Waals surface area contributed by atoms with E-state index in [9.17, 15) is 0 Å². The van der Waals surface area contributed by atoms with Crippen molar-refractivity contribution < 1.29 is 4.42 Å². The van der Waals surface area contributed by atoms with Gasteiger partial charge in [-0.2, -0.15) is 0 Å². The summed E-state index contributed by atoms with van der Waals surface area (Å²) in [4.78, 5) is 6.91. The monoisotopic (exact) mass is 292 g/mol. The molecule has 0 saturated carbocycles. The second kappa shape index (κ2) is 6.48. The van der Waals surface area contributed by atoms with Crippen LogP contribution in [0.15, 0.2) is 65.3 Å². The van der Waals surface area contributed by atoms with Crippen molar-refractivity contribution in [2.24, 2.45) is 0 Å². The van der Waals surface area contributed by atoms with Crippen LogP contribution in [0.25, 0.3) is 22.7 Å². The Hall–Kier alpha value is -2.55. The number of benzene rings is 2. The van der Waals surface area contributed by atoms with Gasteiger partial charge in [0.15, 0.2) is 0 Å². The minimum Gasteiger partial charge on any atom is -0.444 e. The van der Waals surface area contributed by atoms with Crippen LogP contribution in [0, 0.1) is 0 Å². The lowest BCUT2D eigenvalue weighted by atomic mass is 10.1. The molecule has 0 amide bonds. The molecule has 3 aromatic rings. The lowest BCUT2D eigenvalue weighted by Crippen LogP contribution is -2.21. The van der Waals surface area contributed by atoms with Gasteiger partial charge in [-0.3, -0.25) is 0 Å². The molecule has 112 valence electrons. The smallest absolute Gasteiger partial charge is 0.226 e. The molecule has 0 N–H and O–H groups in total. The average molecular weight is 292 g/mol. The van der Waals surface area contributed by atoms with Gasteiger partial charge in [0.2, 0.25) is 5.89 Å². The SMILES string of the molecule is CCN(CC)c1ccc(-c2coc(-c3ccccc3)n2)cc1. The summed E-state index contributed by atoms with van der Waals surface area (Å²) in [5.41, 5.74) is 4.17. The summed E-state index contributed by atoms with van der Waals surface area (Å²) in [6, 6.07) is 18.4. The van der Waals surface area contributed by atoms with E-state index in [2.05, 4.69) is 48.0 Å². The van der Waals surface area contributed by atoms with Crippen molar-refractivity contribution in [3.05, 3.63) is 60.9 Å². The van der Waals surface area contributed by atoms with Gasteiger partial charge >= 0.3 is 0 Å². The molecule has 1 aromatic heterocycles. The molecular weight excluding hydrogens is 272 g/mol. The summed E-state index contributed by atoms with van der Waals surface area (Å²) in [5, 5.41) is 0. The van der Waals surface area contributed by atoms with E-state index in [0.29, 0.717) is 5.89 Å². The minimum absolute atomic E-state index is 0.656. The zero-order chi connectivity index (χ0) is 15.4. The third-order valence-corrected chi connectivity index (χ3v) is 3.82. The zero-order valence-electron chi connectivity index (χ0n) is 13.0. The highest BCUT2D eigenvalue weighted by molar-refractivity contribution is 5.65. The summed E-state index contributed by atoms with van der Waals surface area (Å²) in [6.45, 7) is 6.36. The van der Waals surface area contributed by atoms with Crippen molar-refractivity contribution in [3.8, 4) is 22.7 Å². The molecule has 3 rings (SSSR count). The van der Waals surface area contributed by atoms with Gasteiger partial charge in [-0.15, -0.1) is 0 Å². The molecule has 3 heteroatoms. The van der Waals surface area contributed by atoms with Crippen molar-refractivity contribution in [2.75, 3.05) is 18.0 Å². The first-order chi connectivity index (χ1) is 10.8. The molecule has 1 heterocycles. The molecule has 2 aromatic carbocycles. The summed E-state index contributed by atoms with van der Waals surface area (Å²) in [7, 11) is 0. The largest absolute Gasteiger partial charge is 0.444 e. The number of aromatic nitrogens is 1. The fraction of sp³-hybridized carbons (Fsp3) is 0.211. The molecule has 0 saturated heterocycles. The number of hydrogen-bond donors (Lipinski definition) is 0. The molecule has 0 radical (unpaired) electrons. The molecule has 0 aliphatic carbocycles. The predicted molar refractivity (Wildman–Crippen MR) is 90.9 cm³/mol. The van der Waals surface area contributed by atoms with Crippen molar-refractivity contribution >= 4 is 5.69 Å². The van der Waals surface area contributed by atoms with Crippen LogP contribution < -0.4 is 4.90 Å². The maximum Gasteiger partial charge on any atom is 0.226 e. The summed E-state index contributed by atoms with van der Waals surface area (Å²) in [5.74, 6) is 0.656. The molecule has 0 aliphatic heterocycles. The normalized spacial score (nSPS) is 10.6. The van der Waals surface area contributed by atoms with Crippen LogP contribution in [-0.4, -0.2) is 18.1 Å². The molecule has 0 aliphatic rings. The van der Waals surface area contributed by atoms with E-state index in [1.165, 1.54) is 5.69 Å². The summed E-state index contributed by atoms with van der Waals surface area (Å²) in [6.07, 6.45) is 1.72. The number of nitrogens with zero attached hydrogens (tertiary/aromatic N) is 2. The Morgan fingerprint density at radius 3 is 2.18 bits per heavy atom. The second-order valence-electron chi connectivity index (χ2n) is 5.12. The van der Waals surface area contributed by atoms with E-state index in [1.54, 1.807) is 6.26 Å². The number of oxazole rings is 1. The molecular formula is C19H20N2O. The maximum atomic E-state index is 5.60. The Morgan fingerprint density at radius 1 is 0.864 bits per heavy atom. The topological polar surface area (TPSA) is 29.3 Å². The first-order valence-electron chi connectivity index (χ1n) is 7.68. The van der Waals surface area contributed by atoms with Gasteiger partial charge in [-0.05, 0) is 38.1 Å². The number of rotatable bonds is 5. The van der Waals surface area contributed by atoms with Crippen molar-refractivity contribution in [1.82, 2.24) is 4.98 Å². The van der Waals surface area contributed by atoms with E-state index in [0.717, 1.165) is 29.9 Å². The van der Waals surface area contributed by atoms with Crippen molar-refractivity contribution in [2.45, 2.75) is 13.8 Å². The Balaban J connectivity index is 1.85. The highest BCUT2D eigenvalue weighted by Gasteiger charge is 2.09. The molecule has 22 heavy (non-hydrogen) atoms. The third-order valence-electron chi connectivity index (χ3n) is 3.82. The quantitative estimate of drug-likeness (QED) is 0.673. The third kappa shape index (κ3) is 2.89. The average Bonchev–Trinajstić information content (AvgIpc) is 3.07. The van der Waals surface area contributed by atoms with Crippen LogP contribution >= 0.6 is 0 Å². The van der Waals surface area contributed by atoms with Gasteiger partial charge in [-0.1, -0.05) is 30.3 Å². The number of hydrogen-bond acceptors (Lipinski definition) is 3. The van der Waals surface area contributed by atoms with Crippen LogP contribution in [0.4, 0.5) is 5.69 Å². The van der Waals surface area contributed by atoms with Gasteiger partial charge in [0.25, 0.3) is 0 Å². The van der Waals surface area contributed by atoms with Crippen LogP contribution in [-0.2, 0) is 0 Å². The van der Waals surface area contributed by atoms with Gasteiger partial charge in [-0.25, -0.2) is 4.98 Å². The molecule has 0 bridgehead atoms. The lowest BCUT2D eigenvalue weighted by Gasteiger charge is -2.20. The summed E-state index contributed by atoms with van der Waals surface area (Å²) < 4.78 is 5.60. The van der Waals surface area contributed by atoms with Crippen LogP contribution in [0.5, 0.6) is 0 Å². The van der Waals surface area contributed by atoms with Crippen LogP contribution in [0.3, 0.4) is 0 Å². The van der Waals surface area contributed by atoms with Crippen LogP contribution in [0.2, 0.25) is 0 Å². The minimum atomic E-state index is 0.656. The van der Waals surface area contributed by atoms with E-state index in [-0.39, 0.29) is 0 Å². The lowest BCUT2D eigenvalue weighted by molar-refractivity contribution is 0.575. The Labute approximate surface area is 131 Å². The Kier molecular flexibility index (Phi) is 4.24. The molecule has 3 nitrogen and oxygen atoms in total. The van der Waals surface area contributed by atoms with E-state index in [1.807, 2.05) is 30.3 Å². The molecule has 0 unspecified atom stereocenters. The Morgan fingerprint density at radius 2 is 1.55 bits per heavy atom.